The van der Waals surface area contributed by atoms with E-state index < -0.39 is 0 Å². The van der Waals surface area contributed by atoms with Crippen LogP contribution in [-0.2, 0) is 0 Å². The summed E-state index contributed by atoms with van der Waals surface area (Å²) in [5, 5.41) is 0. The molecule has 0 heteroatoms. The summed E-state index contributed by atoms with van der Waals surface area (Å²) < 4.78 is 0. The molecule has 0 amide bonds. The lowest BCUT2D eigenvalue weighted by Crippen LogP contribution is -1.86. The van der Waals surface area contributed by atoms with Crippen molar-refractivity contribution in [2.75, 3.05) is 0 Å². The third-order valence-corrected chi connectivity index (χ3v) is 3.08. The molecule has 0 aromatic rings. The highest BCUT2D eigenvalue weighted by Crippen LogP contribution is 2.09. The SMILES string of the molecule is C=CC(C)CCC=CCCCCCCCC. The van der Waals surface area contributed by atoms with Crippen molar-refractivity contribution in [2.24, 2.45) is 5.92 Å². The predicted molar refractivity (Wildman–Crippen MR) is 75.7 cm³/mol. The second-order valence-corrected chi connectivity index (χ2v) is 4.82. The van der Waals surface area contributed by atoms with Crippen molar-refractivity contribution in [1.82, 2.24) is 0 Å². The normalized spacial score (nSPS) is 13.1. The molecule has 0 saturated carbocycles. The molecule has 1 atom stereocenters. The molecule has 0 saturated heterocycles. The fourth-order valence-electron chi connectivity index (χ4n) is 1.76. The van der Waals surface area contributed by atoms with Crippen LogP contribution in [0.4, 0.5) is 0 Å². The summed E-state index contributed by atoms with van der Waals surface area (Å²) in [4.78, 5) is 0. The van der Waals surface area contributed by atoms with Gasteiger partial charge < -0.3 is 0 Å². The van der Waals surface area contributed by atoms with Crippen LogP contribution in [-0.4, -0.2) is 0 Å². The van der Waals surface area contributed by atoms with Crippen LogP contribution < -0.4 is 0 Å². The average molecular weight is 222 g/mol. The van der Waals surface area contributed by atoms with E-state index >= 15 is 0 Å². The minimum Gasteiger partial charge on any atom is -0.103 e. The van der Waals surface area contributed by atoms with Gasteiger partial charge in [0.05, 0.1) is 0 Å². The molecule has 94 valence electrons. The first-order valence-electron chi connectivity index (χ1n) is 7.08. The van der Waals surface area contributed by atoms with Crippen LogP contribution in [0.15, 0.2) is 24.8 Å². The summed E-state index contributed by atoms with van der Waals surface area (Å²) in [5.74, 6) is 0.665. The Balaban J connectivity index is 3.12. The fourth-order valence-corrected chi connectivity index (χ4v) is 1.76. The molecule has 0 spiro atoms. The highest BCUT2D eigenvalue weighted by molar-refractivity contribution is 4.84. The number of allylic oxidation sites excluding steroid dienone is 3. The molecule has 1 unspecified atom stereocenters. The third-order valence-electron chi connectivity index (χ3n) is 3.08. The van der Waals surface area contributed by atoms with E-state index in [-0.39, 0.29) is 0 Å². The van der Waals surface area contributed by atoms with Gasteiger partial charge in [0, 0.05) is 0 Å². The van der Waals surface area contributed by atoms with Crippen LogP contribution >= 0.6 is 0 Å². The van der Waals surface area contributed by atoms with E-state index in [0.717, 1.165) is 0 Å². The van der Waals surface area contributed by atoms with Crippen molar-refractivity contribution in [3.05, 3.63) is 24.8 Å². The zero-order chi connectivity index (χ0) is 12.1. The molecule has 0 N–H and O–H groups in total. The molecule has 16 heavy (non-hydrogen) atoms. The van der Waals surface area contributed by atoms with Crippen molar-refractivity contribution in [3.8, 4) is 0 Å². The van der Waals surface area contributed by atoms with Crippen LogP contribution in [0.2, 0.25) is 0 Å². The zero-order valence-electron chi connectivity index (χ0n) is 11.4. The summed E-state index contributed by atoms with van der Waals surface area (Å²) in [6, 6.07) is 0. The van der Waals surface area contributed by atoms with E-state index in [9.17, 15) is 0 Å². The lowest BCUT2D eigenvalue weighted by molar-refractivity contribution is 0.610. The second-order valence-electron chi connectivity index (χ2n) is 4.82. The molecule has 0 bridgehead atoms. The smallest absolute Gasteiger partial charge is 0.0262 e. The quantitative estimate of drug-likeness (QED) is 0.302. The molecule has 0 aliphatic carbocycles. The van der Waals surface area contributed by atoms with Gasteiger partial charge in [0.25, 0.3) is 0 Å². The summed E-state index contributed by atoms with van der Waals surface area (Å²) >= 11 is 0. The Hall–Kier alpha value is -0.520. The number of hydrogen-bond donors (Lipinski definition) is 0. The molecule has 0 heterocycles. The van der Waals surface area contributed by atoms with E-state index in [0.29, 0.717) is 5.92 Å². The number of unbranched alkanes of at least 4 members (excludes halogenated alkanes) is 6. The lowest BCUT2D eigenvalue weighted by Gasteiger charge is -2.01. The van der Waals surface area contributed by atoms with Gasteiger partial charge in [-0.05, 0) is 31.6 Å². The van der Waals surface area contributed by atoms with Gasteiger partial charge >= 0.3 is 0 Å². The maximum absolute atomic E-state index is 3.80. The molecule has 0 aromatic carbocycles. The van der Waals surface area contributed by atoms with Gasteiger partial charge in [0.2, 0.25) is 0 Å². The number of hydrogen-bond acceptors (Lipinski definition) is 0. The van der Waals surface area contributed by atoms with E-state index in [1.165, 1.54) is 57.8 Å². The van der Waals surface area contributed by atoms with Crippen molar-refractivity contribution in [1.29, 1.82) is 0 Å². The molecule has 0 fully saturated rings. The fraction of sp³-hybridized carbons (Fsp3) is 0.750. The van der Waals surface area contributed by atoms with Gasteiger partial charge in [-0.15, -0.1) is 6.58 Å². The van der Waals surface area contributed by atoms with Crippen molar-refractivity contribution in [3.63, 3.8) is 0 Å². The highest BCUT2D eigenvalue weighted by atomic mass is 14.0. The summed E-state index contributed by atoms with van der Waals surface area (Å²) in [6.45, 7) is 8.30. The van der Waals surface area contributed by atoms with Crippen LogP contribution in [0.25, 0.3) is 0 Å². The van der Waals surface area contributed by atoms with Gasteiger partial charge in [0.15, 0.2) is 0 Å². The maximum Gasteiger partial charge on any atom is -0.0262 e. The first-order chi connectivity index (χ1) is 7.81. The topological polar surface area (TPSA) is 0 Å². The lowest BCUT2D eigenvalue weighted by atomic mass is 10.1. The Bertz CT molecular complexity index is 167. The standard InChI is InChI=1S/C16H30/c1-4-6-7-8-9-10-11-12-13-14-15-16(3)5-2/h5,12-13,16H,2,4,6-11,14-15H2,1,3H3. The Labute approximate surface area is 103 Å². The van der Waals surface area contributed by atoms with Crippen LogP contribution in [0.5, 0.6) is 0 Å². The first-order valence-corrected chi connectivity index (χ1v) is 7.08. The zero-order valence-corrected chi connectivity index (χ0v) is 11.4. The molecule has 0 nitrogen and oxygen atoms in total. The van der Waals surface area contributed by atoms with E-state index in [2.05, 4.69) is 32.6 Å². The Morgan fingerprint density at radius 3 is 2.25 bits per heavy atom. The van der Waals surface area contributed by atoms with Gasteiger partial charge in [-0.3, -0.25) is 0 Å². The predicted octanol–water partition coefficient (Wildman–Crippen LogP) is 5.90. The van der Waals surface area contributed by atoms with Gasteiger partial charge in [0.1, 0.15) is 0 Å². The summed E-state index contributed by atoms with van der Waals surface area (Å²) in [5.41, 5.74) is 0. The largest absolute Gasteiger partial charge is 0.103 e. The number of rotatable bonds is 11. The van der Waals surface area contributed by atoms with Crippen LogP contribution in [0.3, 0.4) is 0 Å². The average Bonchev–Trinajstić information content (AvgIpc) is 2.31. The monoisotopic (exact) mass is 222 g/mol. The second kappa shape index (κ2) is 12.5. The molecule has 0 aliphatic rings. The first kappa shape index (κ1) is 15.5. The molecular weight excluding hydrogens is 192 g/mol. The molecular formula is C16H30. The maximum atomic E-state index is 3.80. The third kappa shape index (κ3) is 11.6. The van der Waals surface area contributed by atoms with E-state index in [4.69, 9.17) is 0 Å². The minimum atomic E-state index is 0.665. The van der Waals surface area contributed by atoms with Gasteiger partial charge in [-0.25, -0.2) is 0 Å². The van der Waals surface area contributed by atoms with Crippen molar-refractivity contribution in [2.45, 2.75) is 71.6 Å². The van der Waals surface area contributed by atoms with Crippen LogP contribution in [0.1, 0.15) is 71.6 Å². The van der Waals surface area contributed by atoms with Crippen LogP contribution in [0, 0.1) is 5.92 Å². The Morgan fingerprint density at radius 2 is 1.56 bits per heavy atom. The van der Waals surface area contributed by atoms with Crippen molar-refractivity contribution < 1.29 is 0 Å². The summed E-state index contributed by atoms with van der Waals surface area (Å²) in [7, 11) is 0. The van der Waals surface area contributed by atoms with E-state index in [1.54, 1.807) is 0 Å². The van der Waals surface area contributed by atoms with Crippen molar-refractivity contribution >= 4 is 0 Å². The highest BCUT2D eigenvalue weighted by Gasteiger charge is 1.92. The summed E-state index contributed by atoms with van der Waals surface area (Å²) in [6.07, 6.45) is 18.9. The Kier molecular flexibility index (Phi) is 12.1. The molecule has 0 aromatic heterocycles. The van der Waals surface area contributed by atoms with Gasteiger partial charge in [-0.2, -0.15) is 0 Å². The molecule has 0 rings (SSSR count). The molecule has 0 radical (unpaired) electrons. The van der Waals surface area contributed by atoms with Gasteiger partial charge in [-0.1, -0.05) is 64.2 Å². The Morgan fingerprint density at radius 1 is 0.938 bits per heavy atom. The van der Waals surface area contributed by atoms with E-state index in [1.807, 2.05) is 6.08 Å². The molecule has 0 aliphatic heterocycles. The minimum absolute atomic E-state index is 0.665.